The molecule has 3 unspecified atom stereocenters. The molecule has 1 fully saturated rings. The topological polar surface area (TPSA) is 73.0 Å². The first-order valence-electron chi connectivity index (χ1n) is 6.41. The van der Waals surface area contributed by atoms with Gasteiger partial charge in [-0.2, -0.15) is 0 Å². The molecule has 0 amide bonds. The van der Waals surface area contributed by atoms with Gasteiger partial charge < -0.3 is 15.4 Å². The number of aryl methyl sites for hydroxylation is 1. The van der Waals surface area contributed by atoms with Crippen LogP contribution in [0.15, 0.2) is 6.33 Å². The molecule has 1 aromatic rings. The average molecular weight is 252 g/mol. The van der Waals surface area contributed by atoms with Crippen molar-refractivity contribution in [2.75, 3.05) is 5.32 Å². The Labute approximate surface area is 107 Å². The smallest absolute Gasteiger partial charge is 0.361 e. The second kappa shape index (κ2) is 4.96. The lowest BCUT2D eigenvalue weighted by atomic mass is 9.80. The number of anilines is 1. The minimum Gasteiger partial charge on any atom is -0.361 e. The molecular formula is C12H20N4O2. The minimum atomic E-state index is -0.432. The first-order chi connectivity index (χ1) is 8.49. The SMILES string of the molecule is CC1CCC(Nc2c([N+](=O)[O-])ncn2C)C(C)C1. The van der Waals surface area contributed by atoms with Crippen LogP contribution in [0.4, 0.5) is 11.6 Å². The van der Waals surface area contributed by atoms with Crippen molar-refractivity contribution in [1.29, 1.82) is 0 Å². The Morgan fingerprint density at radius 1 is 1.50 bits per heavy atom. The van der Waals surface area contributed by atoms with Crippen molar-refractivity contribution < 1.29 is 4.92 Å². The van der Waals surface area contributed by atoms with Crippen LogP contribution < -0.4 is 5.32 Å². The predicted octanol–water partition coefficient (Wildman–Crippen LogP) is 2.56. The average Bonchev–Trinajstić information content (AvgIpc) is 2.64. The van der Waals surface area contributed by atoms with E-state index in [-0.39, 0.29) is 5.82 Å². The van der Waals surface area contributed by atoms with Gasteiger partial charge in [0.05, 0.1) is 0 Å². The van der Waals surface area contributed by atoms with Gasteiger partial charge in [0.15, 0.2) is 0 Å². The van der Waals surface area contributed by atoms with E-state index in [4.69, 9.17) is 0 Å². The van der Waals surface area contributed by atoms with Gasteiger partial charge in [-0.25, -0.2) is 0 Å². The van der Waals surface area contributed by atoms with Crippen LogP contribution in [0.1, 0.15) is 33.1 Å². The fourth-order valence-corrected chi connectivity index (χ4v) is 2.77. The molecule has 1 N–H and O–H groups in total. The van der Waals surface area contributed by atoms with Gasteiger partial charge in [0, 0.05) is 13.1 Å². The molecular weight excluding hydrogens is 232 g/mol. The molecule has 18 heavy (non-hydrogen) atoms. The number of hydrogen-bond donors (Lipinski definition) is 1. The van der Waals surface area contributed by atoms with Gasteiger partial charge in [-0.05, 0) is 41.0 Å². The molecule has 1 saturated carbocycles. The van der Waals surface area contributed by atoms with Crippen LogP contribution in [0.5, 0.6) is 0 Å². The van der Waals surface area contributed by atoms with E-state index in [0.29, 0.717) is 17.8 Å². The molecule has 1 heterocycles. The zero-order chi connectivity index (χ0) is 13.3. The Bertz CT molecular complexity index is 443. The molecule has 6 nitrogen and oxygen atoms in total. The first kappa shape index (κ1) is 12.9. The highest BCUT2D eigenvalue weighted by molar-refractivity contribution is 5.52. The summed E-state index contributed by atoms with van der Waals surface area (Å²) in [5.41, 5.74) is 0. The Balaban J connectivity index is 2.14. The van der Waals surface area contributed by atoms with Crippen LogP contribution in [0, 0.1) is 22.0 Å². The highest BCUT2D eigenvalue weighted by atomic mass is 16.6. The molecule has 3 atom stereocenters. The Kier molecular flexibility index (Phi) is 3.54. The number of nitrogens with zero attached hydrogens (tertiary/aromatic N) is 3. The van der Waals surface area contributed by atoms with Gasteiger partial charge in [-0.1, -0.05) is 13.8 Å². The number of nitro groups is 1. The normalized spacial score (nSPS) is 28.1. The van der Waals surface area contributed by atoms with Crippen LogP contribution in [-0.4, -0.2) is 20.5 Å². The molecule has 0 aliphatic heterocycles. The van der Waals surface area contributed by atoms with Crippen molar-refractivity contribution in [2.24, 2.45) is 18.9 Å². The summed E-state index contributed by atoms with van der Waals surface area (Å²) in [7, 11) is 1.78. The summed E-state index contributed by atoms with van der Waals surface area (Å²) in [4.78, 5) is 14.3. The van der Waals surface area contributed by atoms with E-state index in [1.165, 1.54) is 19.2 Å². The van der Waals surface area contributed by atoms with Crippen molar-refractivity contribution >= 4 is 11.6 Å². The third kappa shape index (κ3) is 2.47. The highest BCUT2D eigenvalue weighted by Gasteiger charge is 2.29. The van der Waals surface area contributed by atoms with Crippen molar-refractivity contribution in [1.82, 2.24) is 9.55 Å². The van der Waals surface area contributed by atoms with Gasteiger partial charge in [-0.15, -0.1) is 0 Å². The van der Waals surface area contributed by atoms with Crippen molar-refractivity contribution in [3.05, 3.63) is 16.4 Å². The Morgan fingerprint density at radius 3 is 2.83 bits per heavy atom. The number of rotatable bonds is 3. The largest absolute Gasteiger partial charge is 0.406 e. The minimum absolute atomic E-state index is 0.0803. The first-order valence-corrected chi connectivity index (χ1v) is 6.41. The zero-order valence-corrected chi connectivity index (χ0v) is 11.1. The van der Waals surface area contributed by atoms with Crippen LogP contribution >= 0.6 is 0 Å². The molecule has 0 radical (unpaired) electrons. The molecule has 0 aromatic carbocycles. The zero-order valence-electron chi connectivity index (χ0n) is 11.1. The number of aromatic nitrogens is 2. The summed E-state index contributed by atoms with van der Waals surface area (Å²) in [6.07, 6.45) is 4.89. The van der Waals surface area contributed by atoms with Crippen molar-refractivity contribution in [3.63, 3.8) is 0 Å². The summed E-state index contributed by atoms with van der Waals surface area (Å²) in [5, 5.41) is 14.2. The fraction of sp³-hybridized carbons (Fsp3) is 0.750. The lowest BCUT2D eigenvalue weighted by molar-refractivity contribution is -0.388. The van der Waals surface area contributed by atoms with Gasteiger partial charge >= 0.3 is 5.82 Å². The summed E-state index contributed by atoms with van der Waals surface area (Å²) in [6, 6.07) is 0.301. The van der Waals surface area contributed by atoms with E-state index in [9.17, 15) is 10.1 Å². The molecule has 0 spiro atoms. The quantitative estimate of drug-likeness (QED) is 0.662. The third-order valence-electron chi connectivity index (χ3n) is 3.84. The van der Waals surface area contributed by atoms with Crippen LogP contribution in [-0.2, 0) is 7.05 Å². The summed E-state index contributed by atoms with van der Waals surface area (Å²) >= 11 is 0. The van der Waals surface area contributed by atoms with E-state index in [2.05, 4.69) is 24.1 Å². The molecule has 0 bridgehead atoms. The van der Waals surface area contributed by atoms with Gasteiger partial charge in [-0.3, -0.25) is 4.57 Å². The van der Waals surface area contributed by atoms with E-state index < -0.39 is 4.92 Å². The van der Waals surface area contributed by atoms with Gasteiger partial charge in [0.25, 0.3) is 0 Å². The molecule has 1 aromatic heterocycles. The highest BCUT2D eigenvalue weighted by Crippen LogP contribution is 2.32. The maximum atomic E-state index is 10.9. The predicted molar refractivity (Wildman–Crippen MR) is 69.5 cm³/mol. The van der Waals surface area contributed by atoms with Gasteiger partial charge in [0.2, 0.25) is 12.1 Å². The van der Waals surface area contributed by atoms with E-state index in [1.54, 1.807) is 11.6 Å². The number of hydrogen-bond acceptors (Lipinski definition) is 4. The second-order valence-corrected chi connectivity index (χ2v) is 5.43. The molecule has 6 heteroatoms. The van der Waals surface area contributed by atoms with Crippen LogP contribution in [0.2, 0.25) is 0 Å². The molecule has 2 rings (SSSR count). The van der Waals surface area contributed by atoms with Crippen LogP contribution in [0.3, 0.4) is 0 Å². The molecule has 1 aliphatic rings. The van der Waals surface area contributed by atoms with Crippen molar-refractivity contribution in [3.8, 4) is 0 Å². The van der Waals surface area contributed by atoms with Crippen molar-refractivity contribution in [2.45, 2.75) is 39.2 Å². The lowest BCUT2D eigenvalue weighted by Crippen LogP contribution is -2.33. The summed E-state index contributed by atoms with van der Waals surface area (Å²) < 4.78 is 1.68. The van der Waals surface area contributed by atoms with E-state index >= 15 is 0 Å². The Hall–Kier alpha value is -1.59. The molecule has 100 valence electrons. The Morgan fingerprint density at radius 2 is 2.22 bits per heavy atom. The lowest BCUT2D eigenvalue weighted by Gasteiger charge is -2.33. The number of nitrogens with one attached hydrogen (secondary N) is 1. The monoisotopic (exact) mass is 252 g/mol. The van der Waals surface area contributed by atoms with Gasteiger partial charge in [0.1, 0.15) is 0 Å². The molecule has 1 aliphatic carbocycles. The van der Waals surface area contributed by atoms with E-state index in [0.717, 1.165) is 12.3 Å². The summed E-state index contributed by atoms with van der Waals surface area (Å²) in [5.74, 6) is 1.72. The molecule has 0 saturated heterocycles. The second-order valence-electron chi connectivity index (χ2n) is 5.43. The third-order valence-corrected chi connectivity index (χ3v) is 3.84. The maximum absolute atomic E-state index is 10.9. The summed E-state index contributed by atoms with van der Waals surface area (Å²) in [6.45, 7) is 4.47. The maximum Gasteiger partial charge on any atom is 0.406 e. The van der Waals surface area contributed by atoms with Crippen LogP contribution in [0.25, 0.3) is 0 Å². The number of imidazole rings is 1. The van der Waals surface area contributed by atoms with E-state index in [1.807, 2.05) is 0 Å². The fourth-order valence-electron chi connectivity index (χ4n) is 2.77. The standard InChI is InChI=1S/C12H20N4O2/c1-8-4-5-10(9(2)6-8)14-12-11(16(17)18)13-7-15(12)3/h7-10,14H,4-6H2,1-3H3.